The van der Waals surface area contributed by atoms with E-state index in [-0.39, 0.29) is 0 Å². The molecule has 0 unspecified atom stereocenters. The van der Waals surface area contributed by atoms with Crippen molar-refractivity contribution in [2.45, 2.75) is 34.1 Å². The van der Waals surface area contributed by atoms with Crippen LogP contribution in [-0.2, 0) is 6.42 Å². The van der Waals surface area contributed by atoms with Crippen LogP contribution in [0.3, 0.4) is 0 Å². The third-order valence-corrected chi connectivity index (χ3v) is 4.01. The molecular formula is C16H17N. The summed E-state index contributed by atoms with van der Waals surface area (Å²) in [5, 5.41) is 0. The van der Waals surface area contributed by atoms with Gasteiger partial charge in [-0.1, -0.05) is 17.7 Å². The van der Waals surface area contributed by atoms with Crippen LogP contribution in [0, 0.1) is 27.7 Å². The summed E-state index contributed by atoms with van der Waals surface area (Å²) in [5.41, 5.74) is 10.6. The van der Waals surface area contributed by atoms with Gasteiger partial charge < -0.3 is 0 Å². The molecule has 1 heteroatoms. The first kappa shape index (κ1) is 10.5. The van der Waals surface area contributed by atoms with Crippen molar-refractivity contribution in [2.24, 2.45) is 0 Å². The molecular weight excluding hydrogens is 206 g/mol. The quantitative estimate of drug-likeness (QED) is 0.563. The van der Waals surface area contributed by atoms with Gasteiger partial charge in [0.1, 0.15) is 0 Å². The molecule has 3 rings (SSSR count). The van der Waals surface area contributed by atoms with Crippen LogP contribution < -0.4 is 0 Å². The molecule has 0 bridgehead atoms. The van der Waals surface area contributed by atoms with Crippen molar-refractivity contribution in [3.63, 3.8) is 0 Å². The van der Waals surface area contributed by atoms with E-state index in [0.717, 1.165) is 12.1 Å². The van der Waals surface area contributed by atoms with Gasteiger partial charge in [-0.3, -0.25) is 4.98 Å². The summed E-state index contributed by atoms with van der Waals surface area (Å²) in [6.07, 6.45) is 1.05. The molecule has 0 fully saturated rings. The highest BCUT2D eigenvalue weighted by Gasteiger charge is 2.23. The van der Waals surface area contributed by atoms with Gasteiger partial charge in [-0.15, -0.1) is 0 Å². The molecule has 1 aliphatic rings. The van der Waals surface area contributed by atoms with Crippen molar-refractivity contribution in [1.82, 2.24) is 4.98 Å². The van der Waals surface area contributed by atoms with Crippen molar-refractivity contribution < 1.29 is 0 Å². The zero-order valence-corrected chi connectivity index (χ0v) is 10.9. The summed E-state index contributed by atoms with van der Waals surface area (Å²) in [5.74, 6) is 0. The monoisotopic (exact) mass is 223 g/mol. The first-order valence-electron chi connectivity index (χ1n) is 6.14. The van der Waals surface area contributed by atoms with E-state index in [1.807, 2.05) is 0 Å². The summed E-state index contributed by atoms with van der Waals surface area (Å²) >= 11 is 0. The fourth-order valence-corrected chi connectivity index (χ4v) is 2.69. The summed E-state index contributed by atoms with van der Waals surface area (Å²) in [6.45, 7) is 8.65. The van der Waals surface area contributed by atoms with Crippen LogP contribution in [0.25, 0.3) is 11.3 Å². The van der Waals surface area contributed by atoms with E-state index in [1.165, 1.54) is 39.1 Å². The number of rotatable bonds is 0. The normalized spacial score (nSPS) is 12.5. The Bertz CT molecular complexity index is 624. The Morgan fingerprint density at radius 2 is 1.76 bits per heavy atom. The molecule has 0 aliphatic heterocycles. The molecule has 1 aromatic carbocycles. The molecule has 0 saturated heterocycles. The topological polar surface area (TPSA) is 12.9 Å². The maximum absolute atomic E-state index is 4.80. The smallest absolute Gasteiger partial charge is 0.0746 e. The SMILES string of the molecule is Cc1ccc2c(c1)-c1nc(C)c(C)c(C)c1C2. The summed E-state index contributed by atoms with van der Waals surface area (Å²) < 4.78 is 0. The molecule has 1 nitrogen and oxygen atoms in total. The van der Waals surface area contributed by atoms with Crippen molar-refractivity contribution in [2.75, 3.05) is 0 Å². The lowest BCUT2D eigenvalue weighted by Gasteiger charge is -2.10. The molecule has 0 saturated carbocycles. The first-order valence-corrected chi connectivity index (χ1v) is 6.14. The average Bonchev–Trinajstić information content (AvgIpc) is 2.65. The number of aromatic nitrogens is 1. The Morgan fingerprint density at radius 3 is 2.53 bits per heavy atom. The largest absolute Gasteiger partial charge is 0.253 e. The number of hydrogen-bond donors (Lipinski definition) is 0. The van der Waals surface area contributed by atoms with Crippen LogP contribution >= 0.6 is 0 Å². The van der Waals surface area contributed by atoms with E-state index in [4.69, 9.17) is 4.98 Å². The Morgan fingerprint density at radius 1 is 1.00 bits per heavy atom. The van der Waals surface area contributed by atoms with Gasteiger partial charge in [0.05, 0.1) is 5.69 Å². The molecule has 1 aliphatic carbocycles. The number of aryl methyl sites for hydroxylation is 2. The molecule has 17 heavy (non-hydrogen) atoms. The second-order valence-electron chi connectivity index (χ2n) is 5.11. The highest BCUT2D eigenvalue weighted by atomic mass is 14.7. The second kappa shape index (κ2) is 3.43. The van der Waals surface area contributed by atoms with Gasteiger partial charge in [0, 0.05) is 17.7 Å². The average molecular weight is 223 g/mol. The van der Waals surface area contributed by atoms with Crippen LogP contribution in [0.1, 0.15) is 33.5 Å². The fraction of sp³-hybridized carbons (Fsp3) is 0.312. The third kappa shape index (κ3) is 1.42. The lowest BCUT2D eigenvalue weighted by atomic mass is 10.0. The molecule has 0 N–H and O–H groups in total. The van der Waals surface area contributed by atoms with Crippen LogP contribution in [0.2, 0.25) is 0 Å². The van der Waals surface area contributed by atoms with Crippen molar-refractivity contribution in [3.8, 4) is 11.3 Å². The molecule has 1 heterocycles. The number of benzene rings is 1. The molecule has 0 spiro atoms. The minimum absolute atomic E-state index is 1.05. The predicted octanol–water partition coefficient (Wildman–Crippen LogP) is 3.89. The van der Waals surface area contributed by atoms with Gasteiger partial charge in [0.15, 0.2) is 0 Å². The lowest BCUT2D eigenvalue weighted by Crippen LogP contribution is -1.97. The number of fused-ring (bicyclic) bond motifs is 3. The van der Waals surface area contributed by atoms with Crippen LogP contribution in [-0.4, -0.2) is 4.98 Å². The zero-order valence-electron chi connectivity index (χ0n) is 10.9. The Labute approximate surface area is 103 Å². The number of pyridine rings is 1. The molecule has 1 aromatic heterocycles. The highest BCUT2D eigenvalue weighted by molar-refractivity contribution is 5.76. The zero-order chi connectivity index (χ0) is 12.2. The maximum atomic E-state index is 4.80. The van der Waals surface area contributed by atoms with Crippen molar-refractivity contribution in [1.29, 1.82) is 0 Å². The molecule has 0 radical (unpaired) electrons. The molecule has 86 valence electrons. The molecule has 0 amide bonds. The summed E-state index contributed by atoms with van der Waals surface area (Å²) in [7, 11) is 0. The van der Waals surface area contributed by atoms with E-state index in [0.29, 0.717) is 0 Å². The first-order chi connectivity index (χ1) is 8.08. The van der Waals surface area contributed by atoms with Crippen LogP contribution in [0.15, 0.2) is 18.2 Å². The summed E-state index contributed by atoms with van der Waals surface area (Å²) in [4.78, 5) is 4.80. The molecule has 2 aromatic rings. The van der Waals surface area contributed by atoms with Gasteiger partial charge in [-0.25, -0.2) is 0 Å². The van der Waals surface area contributed by atoms with E-state index in [2.05, 4.69) is 45.9 Å². The van der Waals surface area contributed by atoms with Gasteiger partial charge in [-0.2, -0.15) is 0 Å². The predicted molar refractivity (Wildman–Crippen MR) is 71.4 cm³/mol. The van der Waals surface area contributed by atoms with Gasteiger partial charge in [0.2, 0.25) is 0 Å². The highest BCUT2D eigenvalue weighted by Crippen LogP contribution is 2.38. The Hall–Kier alpha value is -1.63. The minimum atomic E-state index is 1.05. The lowest BCUT2D eigenvalue weighted by molar-refractivity contribution is 1.09. The van der Waals surface area contributed by atoms with Crippen molar-refractivity contribution in [3.05, 3.63) is 51.7 Å². The standard InChI is InChI=1S/C16H17N/c1-9-5-6-13-8-14-11(3)10(2)12(4)17-16(14)15(13)7-9/h5-7H,8H2,1-4H3. The second-order valence-corrected chi connectivity index (χ2v) is 5.11. The van der Waals surface area contributed by atoms with Gasteiger partial charge in [-0.05, 0) is 56.0 Å². The molecule has 0 atom stereocenters. The number of hydrogen-bond acceptors (Lipinski definition) is 1. The van der Waals surface area contributed by atoms with Gasteiger partial charge in [0.25, 0.3) is 0 Å². The Kier molecular flexibility index (Phi) is 2.12. The van der Waals surface area contributed by atoms with E-state index in [9.17, 15) is 0 Å². The minimum Gasteiger partial charge on any atom is -0.253 e. The fourth-order valence-electron chi connectivity index (χ4n) is 2.69. The third-order valence-electron chi connectivity index (χ3n) is 4.01. The van der Waals surface area contributed by atoms with Crippen LogP contribution in [0.5, 0.6) is 0 Å². The van der Waals surface area contributed by atoms with Crippen LogP contribution in [0.4, 0.5) is 0 Å². The van der Waals surface area contributed by atoms with Crippen molar-refractivity contribution >= 4 is 0 Å². The Balaban J connectivity index is 2.33. The van der Waals surface area contributed by atoms with Gasteiger partial charge >= 0.3 is 0 Å². The maximum Gasteiger partial charge on any atom is 0.0746 e. The number of nitrogens with zero attached hydrogens (tertiary/aromatic N) is 1. The van der Waals surface area contributed by atoms with E-state index >= 15 is 0 Å². The summed E-state index contributed by atoms with van der Waals surface area (Å²) in [6, 6.07) is 6.71. The van der Waals surface area contributed by atoms with E-state index in [1.54, 1.807) is 0 Å². The van der Waals surface area contributed by atoms with E-state index < -0.39 is 0 Å².